The molecule has 1 heterocycles. The predicted octanol–water partition coefficient (Wildman–Crippen LogP) is 2.83. The third kappa shape index (κ3) is 4.74. The van der Waals surface area contributed by atoms with Crippen molar-refractivity contribution in [2.75, 3.05) is 5.75 Å². The number of thioether (sulfide) groups is 1. The van der Waals surface area contributed by atoms with Gasteiger partial charge in [0.15, 0.2) is 17.1 Å². The summed E-state index contributed by atoms with van der Waals surface area (Å²) in [5.74, 6) is 1.01. The highest BCUT2D eigenvalue weighted by Gasteiger charge is 2.19. The molecule has 1 atom stereocenters. The van der Waals surface area contributed by atoms with E-state index in [1.165, 1.54) is 11.8 Å². The van der Waals surface area contributed by atoms with Gasteiger partial charge in [0.1, 0.15) is 5.75 Å². The second-order valence-electron chi connectivity index (χ2n) is 4.71. The first-order chi connectivity index (χ1) is 11.0. The van der Waals surface area contributed by atoms with Crippen LogP contribution < -0.4 is 10.5 Å². The summed E-state index contributed by atoms with van der Waals surface area (Å²) < 4.78 is 7.71. The summed E-state index contributed by atoms with van der Waals surface area (Å²) in [5.41, 5.74) is 5.17. The van der Waals surface area contributed by atoms with E-state index in [1.807, 2.05) is 23.6 Å². The van der Waals surface area contributed by atoms with Crippen LogP contribution in [0.5, 0.6) is 5.75 Å². The Balaban J connectivity index is 2.19. The second kappa shape index (κ2) is 8.03. The lowest BCUT2D eigenvalue weighted by atomic mass is 10.3. The summed E-state index contributed by atoms with van der Waals surface area (Å²) in [6, 6.07) is 7.14. The normalized spacial score (nSPS) is 11.9. The van der Waals surface area contributed by atoms with Crippen LogP contribution >= 0.6 is 23.4 Å². The maximum Gasteiger partial charge on any atom is 0.227 e. The Hall–Kier alpha value is -1.99. The van der Waals surface area contributed by atoms with Crippen molar-refractivity contribution in [2.45, 2.75) is 24.7 Å². The first kappa shape index (κ1) is 17.4. The van der Waals surface area contributed by atoms with Gasteiger partial charge >= 0.3 is 0 Å². The summed E-state index contributed by atoms with van der Waals surface area (Å²) >= 11 is 7.19. The molecule has 0 aliphatic rings. The Morgan fingerprint density at radius 2 is 2.35 bits per heavy atom. The van der Waals surface area contributed by atoms with Crippen LogP contribution in [0.4, 0.5) is 0 Å². The van der Waals surface area contributed by atoms with Crippen molar-refractivity contribution in [3.8, 4) is 5.75 Å². The summed E-state index contributed by atoms with van der Waals surface area (Å²) in [7, 11) is 0. The molecule has 2 N–H and O–H groups in total. The van der Waals surface area contributed by atoms with E-state index in [4.69, 9.17) is 22.1 Å². The lowest BCUT2D eigenvalue weighted by Crippen LogP contribution is -2.15. The summed E-state index contributed by atoms with van der Waals surface area (Å²) in [5, 5.41) is 9.46. The Bertz CT molecular complexity index is 705. The minimum atomic E-state index is -0.409. The van der Waals surface area contributed by atoms with Crippen LogP contribution in [-0.2, 0) is 11.3 Å². The largest absolute Gasteiger partial charge is 0.483 e. The van der Waals surface area contributed by atoms with Gasteiger partial charge in [-0.25, -0.2) is 0 Å². The Kier molecular flexibility index (Phi) is 6.06. The fourth-order valence-electron chi connectivity index (χ4n) is 1.94. The van der Waals surface area contributed by atoms with Crippen LogP contribution in [0.2, 0.25) is 5.02 Å². The number of hydrogen-bond donors (Lipinski definition) is 1. The zero-order chi connectivity index (χ0) is 16.8. The Labute approximate surface area is 143 Å². The number of nitrogens with zero attached hydrogens (tertiary/aromatic N) is 3. The van der Waals surface area contributed by atoms with E-state index >= 15 is 0 Å². The smallest absolute Gasteiger partial charge is 0.227 e. The van der Waals surface area contributed by atoms with Crippen molar-refractivity contribution in [1.29, 1.82) is 0 Å². The van der Waals surface area contributed by atoms with E-state index < -0.39 is 5.91 Å². The first-order valence-electron chi connectivity index (χ1n) is 6.88. The summed E-state index contributed by atoms with van der Waals surface area (Å²) in [4.78, 5) is 10.9. The lowest BCUT2D eigenvalue weighted by molar-refractivity contribution is -0.115. The zero-order valence-corrected chi connectivity index (χ0v) is 14.2. The molecule has 122 valence electrons. The molecule has 0 saturated heterocycles. The number of hydrogen-bond acceptors (Lipinski definition) is 5. The van der Waals surface area contributed by atoms with Crippen LogP contribution in [0.1, 0.15) is 18.9 Å². The number of rotatable bonds is 8. The van der Waals surface area contributed by atoms with Gasteiger partial charge in [0, 0.05) is 11.6 Å². The molecule has 0 bridgehead atoms. The van der Waals surface area contributed by atoms with Gasteiger partial charge in [-0.05, 0) is 25.1 Å². The van der Waals surface area contributed by atoms with Crippen molar-refractivity contribution < 1.29 is 9.53 Å². The van der Waals surface area contributed by atoms with Crippen LogP contribution in [-0.4, -0.2) is 26.4 Å². The highest BCUT2D eigenvalue weighted by Crippen LogP contribution is 2.26. The molecule has 0 saturated carbocycles. The molecule has 0 spiro atoms. The van der Waals surface area contributed by atoms with Crippen molar-refractivity contribution >= 4 is 29.3 Å². The van der Waals surface area contributed by atoms with Crippen LogP contribution in [0.3, 0.4) is 0 Å². The summed E-state index contributed by atoms with van der Waals surface area (Å²) in [6.07, 6.45) is 1.39. The number of benzene rings is 1. The molecule has 0 aliphatic heterocycles. The second-order valence-corrected chi connectivity index (χ2v) is 6.09. The fraction of sp³-hybridized carbons (Fsp3) is 0.267. The maximum absolute atomic E-state index is 10.9. The van der Waals surface area contributed by atoms with Gasteiger partial charge in [-0.1, -0.05) is 35.5 Å². The average Bonchev–Trinajstić information content (AvgIpc) is 2.88. The topological polar surface area (TPSA) is 83.0 Å². The number of carbonyl (C=O) groups is 1. The number of halogens is 1. The quantitative estimate of drug-likeness (QED) is 0.583. The van der Waals surface area contributed by atoms with Gasteiger partial charge in [0.2, 0.25) is 5.91 Å². The van der Waals surface area contributed by atoms with Gasteiger partial charge in [-0.3, -0.25) is 9.36 Å². The molecule has 0 fully saturated rings. The van der Waals surface area contributed by atoms with Crippen LogP contribution in [0.25, 0.3) is 0 Å². The van der Waals surface area contributed by atoms with E-state index in [1.54, 1.807) is 18.2 Å². The van der Waals surface area contributed by atoms with Gasteiger partial charge < -0.3 is 10.5 Å². The highest BCUT2D eigenvalue weighted by atomic mass is 35.5. The van der Waals surface area contributed by atoms with Crippen molar-refractivity contribution in [1.82, 2.24) is 14.8 Å². The van der Waals surface area contributed by atoms with Gasteiger partial charge in [-0.15, -0.1) is 16.8 Å². The standard InChI is InChI=1S/C15H17ClN4O2S/c1-3-7-20-14(18-19-15(20)23-9-13(17)21)10(2)22-12-6-4-5-11(16)8-12/h3-6,8,10H,1,7,9H2,2H3,(H2,17,21). The summed E-state index contributed by atoms with van der Waals surface area (Å²) in [6.45, 7) is 6.11. The maximum atomic E-state index is 10.9. The molecular formula is C15H17ClN4O2S. The average molecular weight is 353 g/mol. The lowest BCUT2D eigenvalue weighted by Gasteiger charge is -2.15. The first-order valence-corrected chi connectivity index (χ1v) is 8.25. The molecule has 2 aromatic rings. The Morgan fingerprint density at radius 1 is 1.57 bits per heavy atom. The molecule has 1 aromatic carbocycles. The molecule has 6 nitrogen and oxygen atoms in total. The van der Waals surface area contributed by atoms with Gasteiger partial charge in [0.05, 0.1) is 5.75 Å². The molecule has 1 aromatic heterocycles. The van der Waals surface area contributed by atoms with E-state index in [9.17, 15) is 4.79 Å². The van der Waals surface area contributed by atoms with Crippen molar-refractivity contribution in [3.63, 3.8) is 0 Å². The van der Waals surface area contributed by atoms with Crippen LogP contribution in [0.15, 0.2) is 42.1 Å². The number of allylic oxidation sites excluding steroid dienone is 1. The molecule has 8 heteroatoms. The predicted molar refractivity (Wildman–Crippen MR) is 90.6 cm³/mol. The van der Waals surface area contributed by atoms with Crippen molar-refractivity contribution in [2.24, 2.45) is 5.73 Å². The van der Waals surface area contributed by atoms with E-state index in [0.717, 1.165) is 0 Å². The van der Waals surface area contributed by atoms with Crippen LogP contribution in [0, 0.1) is 0 Å². The molecule has 1 unspecified atom stereocenters. The van der Waals surface area contributed by atoms with Gasteiger partial charge in [-0.2, -0.15) is 0 Å². The Morgan fingerprint density at radius 3 is 3.00 bits per heavy atom. The molecule has 23 heavy (non-hydrogen) atoms. The number of aromatic nitrogens is 3. The van der Waals surface area contributed by atoms with E-state index in [-0.39, 0.29) is 11.9 Å². The number of ether oxygens (including phenoxy) is 1. The highest BCUT2D eigenvalue weighted by molar-refractivity contribution is 7.99. The van der Waals surface area contributed by atoms with E-state index in [2.05, 4.69) is 16.8 Å². The molecule has 0 radical (unpaired) electrons. The molecule has 2 rings (SSSR count). The SMILES string of the molecule is C=CCn1c(SCC(N)=O)nnc1C(C)Oc1cccc(Cl)c1. The fourth-order valence-corrected chi connectivity index (χ4v) is 2.82. The number of primary amides is 1. The van der Waals surface area contributed by atoms with Gasteiger partial charge in [0.25, 0.3) is 0 Å². The molecule has 0 aliphatic carbocycles. The third-order valence-corrected chi connectivity index (χ3v) is 4.10. The monoisotopic (exact) mass is 352 g/mol. The molecular weight excluding hydrogens is 336 g/mol. The minimum Gasteiger partial charge on any atom is -0.483 e. The molecule has 1 amide bonds. The number of amides is 1. The number of nitrogens with two attached hydrogens (primary N) is 1. The third-order valence-electron chi connectivity index (χ3n) is 2.87. The number of carbonyl (C=O) groups excluding carboxylic acids is 1. The minimum absolute atomic E-state index is 0.138. The zero-order valence-electron chi connectivity index (χ0n) is 12.6. The van der Waals surface area contributed by atoms with E-state index in [0.29, 0.717) is 28.3 Å². The van der Waals surface area contributed by atoms with Crippen molar-refractivity contribution in [3.05, 3.63) is 47.8 Å².